The molecule has 0 rings (SSSR count). The lowest BCUT2D eigenvalue weighted by atomic mass is 10.5. The van der Waals surface area contributed by atoms with Crippen LogP contribution in [0.15, 0.2) is 24.3 Å². The van der Waals surface area contributed by atoms with E-state index in [0.717, 1.165) is 12.2 Å². The lowest BCUT2D eigenvalue weighted by molar-refractivity contribution is -0.138. The molecule has 0 aliphatic carbocycles. The number of esters is 1. The Morgan fingerprint density at radius 1 is 0.833 bits per heavy atom. The van der Waals surface area contributed by atoms with Crippen LogP contribution >= 0.6 is 0 Å². The van der Waals surface area contributed by atoms with E-state index in [1.807, 2.05) is 0 Å². The smallest absolute Gasteiger partial charge is 0.330 e. The first-order chi connectivity index (χ1) is 8.29. The van der Waals surface area contributed by atoms with Gasteiger partial charge in [0, 0.05) is 24.3 Å². The maximum atomic E-state index is 10.4. The summed E-state index contributed by atoms with van der Waals surface area (Å²) in [6.07, 6.45) is 2.72. The first-order valence-electron chi connectivity index (χ1n) is 4.51. The van der Waals surface area contributed by atoms with Crippen molar-refractivity contribution in [2.75, 3.05) is 6.61 Å². The molecule has 0 aromatic heterocycles. The van der Waals surface area contributed by atoms with Crippen molar-refractivity contribution in [2.45, 2.75) is 6.92 Å². The van der Waals surface area contributed by atoms with E-state index >= 15 is 0 Å². The zero-order valence-corrected chi connectivity index (χ0v) is 9.40. The normalized spacial score (nSPS) is 9.61. The number of carbonyl (C=O) groups is 4. The van der Waals surface area contributed by atoms with E-state index in [2.05, 4.69) is 4.74 Å². The van der Waals surface area contributed by atoms with Crippen LogP contribution in [0.2, 0.25) is 0 Å². The quantitative estimate of drug-likeness (QED) is 0.460. The SMILES string of the molecule is CCOC(=O)C=CC(=O)O.O=C(O)C=CC(=O)O. The predicted octanol–water partition coefficient (Wildman–Crippen LogP) is -0.0979. The van der Waals surface area contributed by atoms with Crippen LogP contribution < -0.4 is 0 Å². The number of carboxylic acids is 3. The number of aliphatic carboxylic acids is 3. The summed E-state index contributed by atoms with van der Waals surface area (Å²) in [5.74, 6) is -4.31. The molecule has 0 atom stereocenters. The third kappa shape index (κ3) is 19.0. The van der Waals surface area contributed by atoms with Gasteiger partial charge in [-0.05, 0) is 6.92 Å². The second-order valence-electron chi connectivity index (χ2n) is 2.43. The maximum Gasteiger partial charge on any atom is 0.330 e. The van der Waals surface area contributed by atoms with Crippen molar-refractivity contribution >= 4 is 23.9 Å². The highest BCUT2D eigenvalue weighted by atomic mass is 16.5. The summed E-state index contributed by atoms with van der Waals surface area (Å²) in [5, 5.41) is 23.7. The summed E-state index contributed by atoms with van der Waals surface area (Å²) in [7, 11) is 0. The second-order valence-corrected chi connectivity index (χ2v) is 2.43. The molecule has 0 unspecified atom stereocenters. The number of carbonyl (C=O) groups excluding carboxylic acids is 1. The van der Waals surface area contributed by atoms with Gasteiger partial charge in [0.1, 0.15) is 0 Å². The van der Waals surface area contributed by atoms with Crippen molar-refractivity contribution < 1.29 is 39.2 Å². The third-order valence-electron chi connectivity index (χ3n) is 1.02. The summed E-state index contributed by atoms with van der Waals surface area (Å²) >= 11 is 0. The fourth-order valence-electron chi connectivity index (χ4n) is 0.472. The van der Waals surface area contributed by atoms with E-state index in [4.69, 9.17) is 15.3 Å². The fraction of sp³-hybridized carbons (Fsp3) is 0.200. The van der Waals surface area contributed by atoms with Crippen LogP contribution in [0.1, 0.15) is 6.92 Å². The largest absolute Gasteiger partial charge is 0.478 e. The van der Waals surface area contributed by atoms with Gasteiger partial charge in [-0.2, -0.15) is 0 Å². The van der Waals surface area contributed by atoms with Gasteiger partial charge in [0.25, 0.3) is 0 Å². The molecule has 0 aromatic carbocycles. The van der Waals surface area contributed by atoms with Crippen molar-refractivity contribution in [2.24, 2.45) is 0 Å². The van der Waals surface area contributed by atoms with Crippen LogP contribution in [0.3, 0.4) is 0 Å². The highest BCUT2D eigenvalue weighted by molar-refractivity contribution is 5.90. The Kier molecular flexibility index (Phi) is 10.7. The summed E-state index contributed by atoms with van der Waals surface area (Å²) in [6.45, 7) is 1.90. The molecule has 18 heavy (non-hydrogen) atoms. The molecule has 0 amide bonds. The minimum Gasteiger partial charge on any atom is -0.478 e. The number of rotatable bonds is 5. The Morgan fingerprint density at radius 2 is 1.17 bits per heavy atom. The van der Waals surface area contributed by atoms with E-state index < -0.39 is 23.9 Å². The van der Waals surface area contributed by atoms with Crippen LogP contribution in [-0.4, -0.2) is 45.8 Å². The highest BCUT2D eigenvalue weighted by Crippen LogP contribution is 1.80. The molecule has 0 aliphatic rings. The van der Waals surface area contributed by atoms with Crippen LogP contribution in [0.25, 0.3) is 0 Å². The fourth-order valence-corrected chi connectivity index (χ4v) is 0.472. The van der Waals surface area contributed by atoms with E-state index in [1.54, 1.807) is 6.92 Å². The van der Waals surface area contributed by atoms with Gasteiger partial charge in [-0.1, -0.05) is 0 Å². The summed E-state index contributed by atoms with van der Waals surface area (Å²) in [6, 6.07) is 0. The maximum absolute atomic E-state index is 10.4. The third-order valence-corrected chi connectivity index (χ3v) is 1.02. The van der Waals surface area contributed by atoms with Gasteiger partial charge in [-0.3, -0.25) is 0 Å². The van der Waals surface area contributed by atoms with Crippen molar-refractivity contribution in [1.82, 2.24) is 0 Å². The molecule has 0 heterocycles. The Balaban J connectivity index is 0. The van der Waals surface area contributed by atoms with Crippen molar-refractivity contribution in [1.29, 1.82) is 0 Å². The number of carboxylic acid groups (broad SMARTS) is 3. The Hall–Kier alpha value is -2.64. The van der Waals surface area contributed by atoms with Crippen molar-refractivity contribution in [3.8, 4) is 0 Å². The zero-order chi connectivity index (χ0) is 14.6. The molecule has 0 bridgehead atoms. The van der Waals surface area contributed by atoms with Crippen molar-refractivity contribution in [3.63, 3.8) is 0 Å². The Morgan fingerprint density at radius 3 is 1.44 bits per heavy atom. The molecule has 0 saturated heterocycles. The molecule has 100 valence electrons. The van der Waals surface area contributed by atoms with E-state index in [-0.39, 0.29) is 6.61 Å². The Bertz CT molecular complexity index is 350. The monoisotopic (exact) mass is 260 g/mol. The molecule has 8 nitrogen and oxygen atoms in total. The number of ether oxygens (including phenoxy) is 1. The minimum atomic E-state index is -1.26. The minimum absolute atomic E-state index is 0.253. The molecule has 0 radical (unpaired) electrons. The molecule has 0 aliphatic heterocycles. The first kappa shape index (κ1) is 17.7. The molecule has 0 spiro atoms. The molecular formula is C10H12O8. The standard InChI is InChI=1S/C6H8O4.C4H4O4/c1-2-10-6(9)4-3-5(7)8;5-3(6)1-2-4(7)8/h3-4H,2H2,1H3,(H,7,8);1-2H,(H,5,6)(H,7,8). The van der Waals surface area contributed by atoms with Crippen molar-refractivity contribution in [3.05, 3.63) is 24.3 Å². The lowest BCUT2D eigenvalue weighted by Gasteiger charge is -1.92. The second kappa shape index (κ2) is 10.9. The van der Waals surface area contributed by atoms with Crippen LogP contribution in [-0.2, 0) is 23.9 Å². The Labute approximate surface area is 102 Å². The number of hydrogen-bond acceptors (Lipinski definition) is 5. The molecule has 8 heteroatoms. The van der Waals surface area contributed by atoms with Gasteiger partial charge in [0.15, 0.2) is 0 Å². The zero-order valence-electron chi connectivity index (χ0n) is 9.40. The van der Waals surface area contributed by atoms with Gasteiger partial charge >= 0.3 is 23.9 Å². The van der Waals surface area contributed by atoms with Gasteiger partial charge in [-0.15, -0.1) is 0 Å². The molecule has 3 N–H and O–H groups in total. The summed E-state index contributed by atoms with van der Waals surface area (Å²) < 4.78 is 4.40. The summed E-state index contributed by atoms with van der Waals surface area (Å²) in [4.78, 5) is 39.3. The van der Waals surface area contributed by atoms with E-state index in [9.17, 15) is 19.2 Å². The van der Waals surface area contributed by atoms with Gasteiger partial charge in [-0.25, -0.2) is 19.2 Å². The molecular weight excluding hydrogens is 248 g/mol. The van der Waals surface area contributed by atoms with Gasteiger partial charge in [0.2, 0.25) is 0 Å². The van der Waals surface area contributed by atoms with Crippen LogP contribution in [0, 0.1) is 0 Å². The lowest BCUT2D eigenvalue weighted by Crippen LogP contribution is -2.00. The van der Waals surface area contributed by atoms with Crippen LogP contribution in [0.5, 0.6) is 0 Å². The van der Waals surface area contributed by atoms with E-state index in [1.165, 1.54) is 0 Å². The average molecular weight is 260 g/mol. The summed E-state index contributed by atoms with van der Waals surface area (Å²) in [5.41, 5.74) is 0. The predicted molar refractivity (Wildman–Crippen MR) is 57.8 cm³/mol. The van der Waals surface area contributed by atoms with Crippen LogP contribution in [0.4, 0.5) is 0 Å². The first-order valence-corrected chi connectivity index (χ1v) is 4.51. The van der Waals surface area contributed by atoms with Gasteiger partial charge in [0.05, 0.1) is 6.61 Å². The average Bonchev–Trinajstić information content (AvgIpc) is 2.25. The van der Waals surface area contributed by atoms with Gasteiger partial charge < -0.3 is 20.1 Å². The topological polar surface area (TPSA) is 138 Å². The number of hydrogen-bond donors (Lipinski definition) is 3. The van der Waals surface area contributed by atoms with E-state index in [0.29, 0.717) is 12.2 Å². The molecule has 0 saturated carbocycles. The molecule has 0 aromatic rings. The molecule has 0 fully saturated rings. The highest BCUT2D eigenvalue weighted by Gasteiger charge is 1.94.